The summed E-state index contributed by atoms with van der Waals surface area (Å²) in [5.74, 6) is -1.89. The first-order chi connectivity index (χ1) is 11.5. The summed E-state index contributed by atoms with van der Waals surface area (Å²) in [6.45, 7) is 1.35. The van der Waals surface area contributed by atoms with Gasteiger partial charge in [0.1, 0.15) is 23.0 Å². The van der Waals surface area contributed by atoms with Crippen molar-refractivity contribution in [3.63, 3.8) is 0 Å². The molecule has 0 spiro atoms. The smallest absolute Gasteiger partial charge is 0.262 e. The summed E-state index contributed by atoms with van der Waals surface area (Å²) in [5, 5.41) is 4.79. The summed E-state index contributed by atoms with van der Waals surface area (Å²) in [4.78, 5) is 29.1. The Morgan fingerprint density at radius 3 is 2.92 bits per heavy atom. The third kappa shape index (κ3) is 3.18. The highest BCUT2D eigenvalue weighted by Crippen LogP contribution is 2.17. The molecule has 0 saturated heterocycles. The second-order valence-corrected chi connectivity index (χ2v) is 6.17. The topological polar surface area (TPSA) is 64.0 Å². The number of nitrogens with zero attached hydrogens (tertiary/aromatic N) is 2. The van der Waals surface area contributed by atoms with Crippen LogP contribution in [0, 0.1) is 11.6 Å². The van der Waals surface area contributed by atoms with Gasteiger partial charge >= 0.3 is 0 Å². The molecule has 3 aromatic rings. The summed E-state index contributed by atoms with van der Waals surface area (Å²) in [6.07, 6.45) is 1.31. The quantitative estimate of drug-likeness (QED) is 0.787. The van der Waals surface area contributed by atoms with Crippen LogP contribution in [-0.4, -0.2) is 15.5 Å². The van der Waals surface area contributed by atoms with Gasteiger partial charge in [0.2, 0.25) is 5.91 Å². The molecule has 124 valence electrons. The zero-order valence-electron chi connectivity index (χ0n) is 12.6. The molecule has 1 aromatic carbocycles. The summed E-state index contributed by atoms with van der Waals surface area (Å²) >= 11 is 1.34. The molecule has 0 aliphatic rings. The van der Waals surface area contributed by atoms with Crippen LogP contribution in [0.3, 0.4) is 0 Å². The molecule has 0 fully saturated rings. The average molecular weight is 349 g/mol. The van der Waals surface area contributed by atoms with Crippen molar-refractivity contribution in [3.05, 3.63) is 63.5 Å². The number of rotatable bonds is 4. The van der Waals surface area contributed by atoms with Crippen molar-refractivity contribution < 1.29 is 13.6 Å². The van der Waals surface area contributed by atoms with Crippen LogP contribution in [0.25, 0.3) is 10.2 Å². The normalized spacial score (nSPS) is 12.3. The van der Waals surface area contributed by atoms with Crippen LogP contribution in [-0.2, 0) is 11.3 Å². The number of carbonyl (C=O) groups is 1. The Bertz CT molecular complexity index is 967. The molecule has 0 bridgehead atoms. The van der Waals surface area contributed by atoms with Gasteiger partial charge in [-0.1, -0.05) is 6.07 Å². The van der Waals surface area contributed by atoms with Gasteiger partial charge in [0, 0.05) is 11.6 Å². The molecule has 1 atom stereocenters. The number of benzene rings is 1. The summed E-state index contributed by atoms with van der Waals surface area (Å²) in [7, 11) is 0. The number of hydrogen-bond donors (Lipinski definition) is 1. The number of amides is 1. The van der Waals surface area contributed by atoms with Crippen molar-refractivity contribution in [1.82, 2.24) is 14.9 Å². The fourth-order valence-corrected chi connectivity index (χ4v) is 3.10. The van der Waals surface area contributed by atoms with Crippen LogP contribution in [0.5, 0.6) is 0 Å². The second-order valence-electron chi connectivity index (χ2n) is 5.27. The number of carbonyl (C=O) groups excluding carboxylic acids is 1. The lowest BCUT2D eigenvalue weighted by Gasteiger charge is -2.15. The molecular weight excluding hydrogens is 336 g/mol. The highest BCUT2D eigenvalue weighted by molar-refractivity contribution is 7.16. The molecule has 0 aliphatic carbocycles. The Balaban J connectivity index is 1.74. The van der Waals surface area contributed by atoms with Gasteiger partial charge in [0.05, 0.1) is 17.8 Å². The standard InChI is InChI=1S/C16H13F2N3O2S/c1-9(11-3-2-10(17)6-13(11)18)20-14(22)7-21-8-19-15-12(16(21)23)4-5-24-15/h2-6,8-9H,7H2,1H3,(H,20,22)/t9-/m1/s1. The van der Waals surface area contributed by atoms with Crippen molar-refractivity contribution in [2.24, 2.45) is 0 Å². The Hall–Kier alpha value is -2.61. The molecule has 0 unspecified atom stereocenters. The van der Waals surface area contributed by atoms with Crippen LogP contribution >= 0.6 is 11.3 Å². The van der Waals surface area contributed by atoms with E-state index in [2.05, 4.69) is 10.3 Å². The first-order valence-corrected chi connectivity index (χ1v) is 8.00. The number of fused-ring (bicyclic) bond motifs is 1. The Kier molecular flexibility index (Phi) is 4.39. The van der Waals surface area contributed by atoms with Gasteiger partial charge in [-0.05, 0) is 24.4 Å². The molecule has 0 saturated carbocycles. The summed E-state index contributed by atoms with van der Waals surface area (Å²) < 4.78 is 27.9. The third-order valence-electron chi connectivity index (χ3n) is 3.57. The van der Waals surface area contributed by atoms with Crippen molar-refractivity contribution >= 4 is 27.5 Å². The number of nitrogens with one attached hydrogen (secondary N) is 1. The molecule has 2 heterocycles. The van der Waals surface area contributed by atoms with Gasteiger partial charge in [0.15, 0.2) is 0 Å². The maximum Gasteiger partial charge on any atom is 0.262 e. The van der Waals surface area contributed by atoms with Gasteiger partial charge in [-0.2, -0.15) is 0 Å². The van der Waals surface area contributed by atoms with Crippen molar-refractivity contribution in [1.29, 1.82) is 0 Å². The summed E-state index contributed by atoms with van der Waals surface area (Å²) in [6, 6.07) is 4.16. The predicted molar refractivity (Wildman–Crippen MR) is 86.8 cm³/mol. The lowest BCUT2D eigenvalue weighted by atomic mass is 10.1. The minimum absolute atomic E-state index is 0.170. The van der Waals surface area contributed by atoms with Crippen LogP contribution in [0.2, 0.25) is 0 Å². The van der Waals surface area contributed by atoms with Crippen LogP contribution in [0.15, 0.2) is 40.8 Å². The lowest BCUT2D eigenvalue weighted by molar-refractivity contribution is -0.122. The highest BCUT2D eigenvalue weighted by Gasteiger charge is 2.15. The SMILES string of the molecule is C[C@@H](NC(=O)Cn1cnc2sccc2c1=O)c1ccc(F)cc1F. The van der Waals surface area contributed by atoms with Crippen molar-refractivity contribution in [2.75, 3.05) is 0 Å². The summed E-state index contributed by atoms with van der Waals surface area (Å²) in [5.41, 5.74) is -0.138. The molecule has 0 aliphatic heterocycles. The molecule has 8 heteroatoms. The van der Waals surface area contributed by atoms with Crippen LogP contribution in [0.4, 0.5) is 8.78 Å². The maximum absolute atomic E-state index is 13.7. The Morgan fingerprint density at radius 2 is 2.17 bits per heavy atom. The van der Waals surface area contributed by atoms with Crippen LogP contribution < -0.4 is 10.9 Å². The van der Waals surface area contributed by atoms with E-state index < -0.39 is 23.6 Å². The van der Waals surface area contributed by atoms with E-state index in [0.717, 1.165) is 12.1 Å². The zero-order chi connectivity index (χ0) is 17.3. The molecule has 24 heavy (non-hydrogen) atoms. The van der Waals surface area contributed by atoms with E-state index in [1.54, 1.807) is 18.4 Å². The van der Waals surface area contributed by atoms with E-state index in [4.69, 9.17) is 0 Å². The van der Waals surface area contributed by atoms with Gasteiger partial charge < -0.3 is 5.32 Å². The maximum atomic E-state index is 13.7. The largest absolute Gasteiger partial charge is 0.348 e. The minimum atomic E-state index is -0.735. The fourth-order valence-electron chi connectivity index (χ4n) is 2.38. The number of thiophene rings is 1. The van der Waals surface area contributed by atoms with E-state index in [1.165, 1.54) is 28.3 Å². The van der Waals surface area contributed by atoms with Crippen LogP contribution in [0.1, 0.15) is 18.5 Å². The molecule has 3 rings (SSSR count). The first-order valence-electron chi connectivity index (χ1n) is 7.12. The van der Waals surface area contributed by atoms with E-state index >= 15 is 0 Å². The Morgan fingerprint density at radius 1 is 1.38 bits per heavy atom. The zero-order valence-corrected chi connectivity index (χ0v) is 13.4. The predicted octanol–water partition coefficient (Wildman–Crippen LogP) is 2.61. The van der Waals surface area contributed by atoms with E-state index in [0.29, 0.717) is 10.2 Å². The highest BCUT2D eigenvalue weighted by atomic mass is 32.1. The minimum Gasteiger partial charge on any atom is -0.348 e. The molecule has 0 radical (unpaired) electrons. The molecule has 1 N–H and O–H groups in total. The molecule has 2 aromatic heterocycles. The second kappa shape index (κ2) is 6.48. The van der Waals surface area contributed by atoms with E-state index in [1.807, 2.05) is 0 Å². The number of halogens is 2. The average Bonchev–Trinajstić information content (AvgIpc) is 2.99. The molecular formula is C16H13F2N3O2S. The van der Waals surface area contributed by atoms with Gasteiger partial charge in [-0.15, -0.1) is 11.3 Å². The van der Waals surface area contributed by atoms with Crippen molar-refractivity contribution in [2.45, 2.75) is 19.5 Å². The van der Waals surface area contributed by atoms with E-state index in [9.17, 15) is 18.4 Å². The first kappa shape index (κ1) is 16.3. The number of aromatic nitrogens is 2. The van der Waals surface area contributed by atoms with Gasteiger partial charge in [0.25, 0.3) is 5.56 Å². The van der Waals surface area contributed by atoms with Crippen molar-refractivity contribution in [3.8, 4) is 0 Å². The fraction of sp³-hybridized carbons (Fsp3) is 0.188. The lowest BCUT2D eigenvalue weighted by Crippen LogP contribution is -2.34. The third-order valence-corrected chi connectivity index (χ3v) is 4.39. The number of hydrogen-bond acceptors (Lipinski definition) is 4. The van der Waals surface area contributed by atoms with Gasteiger partial charge in [-0.3, -0.25) is 14.2 Å². The molecule has 1 amide bonds. The monoisotopic (exact) mass is 349 g/mol. The van der Waals surface area contributed by atoms with E-state index in [-0.39, 0.29) is 17.7 Å². The van der Waals surface area contributed by atoms with Gasteiger partial charge in [-0.25, -0.2) is 13.8 Å². The Labute approximate surface area is 139 Å². The molecule has 5 nitrogen and oxygen atoms in total.